The number of aliphatic hydroxyl groups excluding tert-OH is 1. The summed E-state index contributed by atoms with van der Waals surface area (Å²) in [5.41, 5.74) is 7.13. The van der Waals surface area contributed by atoms with Gasteiger partial charge in [0, 0.05) is 12.1 Å². The van der Waals surface area contributed by atoms with E-state index in [2.05, 4.69) is 0 Å². The van der Waals surface area contributed by atoms with Crippen LogP contribution in [0.3, 0.4) is 0 Å². The van der Waals surface area contributed by atoms with Gasteiger partial charge in [0.1, 0.15) is 5.82 Å². The van der Waals surface area contributed by atoms with Crippen LogP contribution in [-0.2, 0) is 5.54 Å². The molecule has 0 spiro atoms. The van der Waals surface area contributed by atoms with Crippen molar-refractivity contribution in [1.29, 1.82) is 0 Å². The molecule has 1 rings (SSSR count). The molecule has 0 aliphatic rings. The third kappa shape index (κ3) is 3.01. The molecule has 0 fully saturated rings. The largest absolute Gasteiger partial charge is 0.396 e. The van der Waals surface area contributed by atoms with E-state index >= 15 is 0 Å². The van der Waals surface area contributed by atoms with E-state index in [1.807, 2.05) is 6.92 Å². The number of aliphatic hydroxyl groups is 1. The van der Waals surface area contributed by atoms with Gasteiger partial charge in [-0.15, -0.1) is 0 Å². The third-order valence-corrected chi connectivity index (χ3v) is 2.67. The molecule has 0 saturated heterocycles. The number of hydrogen-bond donors (Lipinski definition) is 2. The minimum Gasteiger partial charge on any atom is -0.396 e. The molecule has 84 valence electrons. The van der Waals surface area contributed by atoms with Crippen LogP contribution in [0.15, 0.2) is 18.2 Å². The number of nitrogens with two attached hydrogens (primary N) is 1. The van der Waals surface area contributed by atoms with Gasteiger partial charge in [0.05, 0.1) is 0 Å². The lowest BCUT2D eigenvalue weighted by Crippen LogP contribution is -2.33. The summed E-state index contributed by atoms with van der Waals surface area (Å²) in [6.45, 7) is 3.75. The van der Waals surface area contributed by atoms with Crippen LogP contribution >= 0.6 is 0 Å². The summed E-state index contributed by atoms with van der Waals surface area (Å²) in [4.78, 5) is 0. The van der Waals surface area contributed by atoms with Crippen molar-refractivity contribution in [2.24, 2.45) is 5.73 Å². The van der Waals surface area contributed by atoms with E-state index in [0.29, 0.717) is 18.4 Å². The molecule has 1 aromatic carbocycles. The molecule has 0 aromatic heterocycles. The highest BCUT2D eigenvalue weighted by Gasteiger charge is 2.20. The first-order valence-corrected chi connectivity index (χ1v) is 5.14. The second kappa shape index (κ2) is 4.73. The van der Waals surface area contributed by atoms with Crippen molar-refractivity contribution < 1.29 is 9.50 Å². The number of aryl methyl sites for hydroxylation is 1. The highest BCUT2D eigenvalue weighted by molar-refractivity contribution is 5.29. The van der Waals surface area contributed by atoms with E-state index in [-0.39, 0.29) is 12.4 Å². The summed E-state index contributed by atoms with van der Waals surface area (Å²) in [5, 5.41) is 8.76. The summed E-state index contributed by atoms with van der Waals surface area (Å²) in [6.07, 6.45) is 1.35. The Morgan fingerprint density at radius 1 is 1.47 bits per heavy atom. The van der Waals surface area contributed by atoms with Gasteiger partial charge >= 0.3 is 0 Å². The van der Waals surface area contributed by atoms with Crippen molar-refractivity contribution in [3.63, 3.8) is 0 Å². The van der Waals surface area contributed by atoms with Crippen molar-refractivity contribution in [3.8, 4) is 0 Å². The molecule has 0 aliphatic carbocycles. The molecule has 1 aromatic rings. The molecule has 0 saturated carbocycles. The molecule has 0 aliphatic heterocycles. The average Bonchev–Trinajstić information content (AvgIpc) is 2.19. The van der Waals surface area contributed by atoms with E-state index in [9.17, 15) is 4.39 Å². The zero-order valence-corrected chi connectivity index (χ0v) is 9.26. The van der Waals surface area contributed by atoms with Gasteiger partial charge in [-0.25, -0.2) is 4.39 Å². The lowest BCUT2D eigenvalue weighted by molar-refractivity contribution is 0.265. The van der Waals surface area contributed by atoms with Crippen LogP contribution in [0.5, 0.6) is 0 Å². The van der Waals surface area contributed by atoms with Gasteiger partial charge in [0.15, 0.2) is 0 Å². The van der Waals surface area contributed by atoms with Crippen LogP contribution in [-0.4, -0.2) is 11.7 Å². The second-order valence-corrected chi connectivity index (χ2v) is 4.21. The minimum absolute atomic E-state index is 0.132. The first-order chi connectivity index (χ1) is 6.97. The maximum Gasteiger partial charge on any atom is 0.126 e. The standard InChI is InChI=1S/C12H18FNO/c1-9-8-10(4-5-11(9)13)12(2,14)6-3-7-15/h4-5,8,15H,3,6-7,14H2,1-2H3. The smallest absolute Gasteiger partial charge is 0.126 e. The fourth-order valence-corrected chi connectivity index (χ4v) is 1.59. The van der Waals surface area contributed by atoms with E-state index in [4.69, 9.17) is 10.8 Å². The first kappa shape index (κ1) is 12.1. The molecule has 1 atom stereocenters. The summed E-state index contributed by atoms with van der Waals surface area (Å²) in [5.74, 6) is -0.211. The molecular weight excluding hydrogens is 193 g/mol. The fraction of sp³-hybridized carbons (Fsp3) is 0.500. The van der Waals surface area contributed by atoms with Crippen molar-refractivity contribution in [2.75, 3.05) is 6.61 Å². The highest BCUT2D eigenvalue weighted by Crippen LogP contribution is 2.24. The number of hydrogen-bond acceptors (Lipinski definition) is 2. The Morgan fingerprint density at radius 2 is 2.13 bits per heavy atom. The zero-order chi connectivity index (χ0) is 11.5. The maximum absolute atomic E-state index is 13.1. The van der Waals surface area contributed by atoms with Crippen molar-refractivity contribution in [3.05, 3.63) is 35.1 Å². The Labute approximate surface area is 89.9 Å². The van der Waals surface area contributed by atoms with Gasteiger partial charge in [-0.3, -0.25) is 0 Å². The van der Waals surface area contributed by atoms with Gasteiger partial charge in [-0.1, -0.05) is 12.1 Å². The Hall–Kier alpha value is -0.930. The van der Waals surface area contributed by atoms with Crippen LogP contribution < -0.4 is 5.73 Å². The van der Waals surface area contributed by atoms with Crippen molar-refractivity contribution in [1.82, 2.24) is 0 Å². The Kier molecular flexibility index (Phi) is 3.83. The zero-order valence-electron chi connectivity index (χ0n) is 9.26. The molecular formula is C12H18FNO. The fourth-order valence-electron chi connectivity index (χ4n) is 1.59. The Morgan fingerprint density at radius 3 is 2.67 bits per heavy atom. The van der Waals surface area contributed by atoms with Crippen LogP contribution in [0.4, 0.5) is 4.39 Å². The maximum atomic E-state index is 13.1. The molecule has 3 heteroatoms. The summed E-state index contributed by atoms with van der Waals surface area (Å²) in [6, 6.07) is 4.92. The van der Waals surface area contributed by atoms with E-state index < -0.39 is 5.54 Å². The highest BCUT2D eigenvalue weighted by atomic mass is 19.1. The minimum atomic E-state index is -0.499. The van der Waals surface area contributed by atoms with Gasteiger partial charge < -0.3 is 10.8 Å². The van der Waals surface area contributed by atoms with Crippen molar-refractivity contribution >= 4 is 0 Å². The average molecular weight is 211 g/mol. The SMILES string of the molecule is Cc1cc(C(C)(N)CCCO)ccc1F. The van der Waals surface area contributed by atoms with Gasteiger partial charge in [0.25, 0.3) is 0 Å². The number of rotatable bonds is 4. The van der Waals surface area contributed by atoms with Crippen LogP contribution in [0.25, 0.3) is 0 Å². The second-order valence-electron chi connectivity index (χ2n) is 4.21. The summed E-state index contributed by atoms with van der Waals surface area (Å²) < 4.78 is 13.1. The summed E-state index contributed by atoms with van der Waals surface area (Å²) >= 11 is 0. The lowest BCUT2D eigenvalue weighted by atomic mass is 9.88. The van der Waals surface area contributed by atoms with E-state index in [1.54, 1.807) is 19.1 Å². The van der Waals surface area contributed by atoms with Crippen LogP contribution in [0.2, 0.25) is 0 Å². The third-order valence-electron chi connectivity index (χ3n) is 2.67. The van der Waals surface area contributed by atoms with E-state index in [0.717, 1.165) is 5.56 Å². The van der Waals surface area contributed by atoms with E-state index in [1.165, 1.54) is 6.07 Å². The van der Waals surface area contributed by atoms with Gasteiger partial charge in [0.2, 0.25) is 0 Å². The Bertz CT molecular complexity index is 336. The lowest BCUT2D eigenvalue weighted by Gasteiger charge is -2.25. The van der Waals surface area contributed by atoms with Crippen LogP contribution in [0.1, 0.15) is 30.9 Å². The molecule has 15 heavy (non-hydrogen) atoms. The molecule has 0 radical (unpaired) electrons. The molecule has 3 N–H and O–H groups in total. The topological polar surface area (TPSA) is 46.2 Å². The molecule has 2 nitrogen and oxygen atoms in total. The predicted molar refractivity (Wildman–Crippen MR) is 59.0 cm³/mol. The normalized spacial score (nSPS) is 15.0. The van der Waals surface area contributed by atoms with Gasteiger partial charge in [-0.05, 0) is 43.9 Å². The molecule has 0 amide bonds. The molecule has 0 heterocycles. The monoisotopic (exact) mass is 211 g/mol. The molecule has 1 unspecified atom stereocenters. The number of halogens is 1. The van der Waals surface area contributed by atoms with Gasteiger partial charge in [-0.2, -0.15) is 0 Å². The molecule has 0 bridgehead atoms. The first-order valence-electron chi connectivity index (χ1n) is 5.14. The van der Waals surface area contributed by atoms with Crippen LogP contribution in [0, 0.1) is 12.7 Å². The predicted octanol–water partition coefficient (Wildman–Crippen LogP) is 2.08. The van der Waals surface area contributed by atoms with Crippen molar-refractivity contribution in [2.45, 2.75) is 32.2 Å². The number of benzene rings is 1. The Balaban J connectivity index is 2.89. The summed E-state index contributed by atoms with van der Waals surface area (Å²) in [7, 11) is 0. The quantitative estimate of drug-likeness (QED) is 0.801.